The van der Waals surface area contributed by atoms with Crippen molar-refractivity contribution in [1.29, 1.82) is 0 Å². The average Bonchev–Trinajstić information content (AvgIpc) is 3.10. The van der Waals surface area contributed by atoms with E-state index in [9.17, 15) is 54.1 Å². The lowest BCUT2D eigenvalue weighted by molar-refractivity contribution is -0.299. The van der Waals surface area contributed by atoms with Crippen molar-refractivity contribution < 1.29 is 73.1 Å². The molecule has 344 valence electrons. The molecule has 0 aromatic rings. The Balaban J connectivity index is 6.45. The lowest BCUT2D eigenvalue weighted by Crippen LogP contribution is -2.48. The lowest BCUT2D eigenvalue weighted by atomic mass is 9.70. The lowest BCUT2D eigenvalue weighted by Gasteiger charge is -2.47. The second-order valence-corrected chi connectivity index (χ2v) is 18.1. The van der Waals surface area contributed by atoms with Gasteiger partial charge >= 0.3 is 24.2 Å². The van der Waals surface area contributed by atoms with Gasteiger partial charge in [0.2, 0.25) is 0 Å². The summed E-state index contributed by atoms with van der Waals surface area (Å²) in [6, 6.07) is 0. The van der Waals surface area contributed by atoms with Crippen LogP contribution in [0.25, 0.3) is 0 Å². The molecule has 2 N–H and O–H groups in total. The maximum Gasteiger partial charge on any atom is 0.455 e. The Morgan fingerprint density at radius 2 is 0.632 bits per heavy atom. The largest absolute Gasteiger partial charge is 0.455 e. The minimum absolute atomic E-state index is 0.0155. The van der Waals surface area contributed by atoms with Crippen molar-refractivity contribution in [2.75, 3.05) is 39.6 Å². The van der Waals surface area contributed by atoms with Gasteiger partial charge in [0.25, 0.3) is 0 Å². The van der Waals surface area contributed by atoms with Crippen LogP contribution in [0.3, 0.4) is 0 Å². The van der Waals surface area contributed by atoms with Crippen LogP contribution in [0.4, 0.5) is 43.9 Å². The summed E-state index contributed by atoms with van der Waals surface area (Å²) >= 11 is 0. The second kappa shape index (κ2) is 21.2. The Morgan fingerprint density at radius 3 is 0.842 bits per heavy atom. The normalized spacial score (nSPS) is 16.8. The molecule has 0 heterocycles. The molecule has 57 heavy (non-hydrogen) atoms. The molecule has 0 saturated carbocycles. The van der Waals surface area contributed by atoms with Crippen LogP contribution in [0.2, 0.25) is 0 Å². The van der Waals surface area contributed by atoms with Gasteiger partial charge < -0.3 is 29.2 Å². The molecule has 0 bridgehead atoms. The monoisotopic (exact) mass is 853 g/mol. The predicted octanol–water partition coefficient (Wildman–Crippen LogP) is 12.3. The zero-order valence-corrected chi connectivity index (χ0v) is 36.5. The van der Waals surface area contributed by atoms with E-state index in [0.717, 1.165) is 0 Å². The van der Waals surface area contributed by atoms with Crippen molar-refractivity contribution in [2.45, 2.75) is 207 Å². The van der Waals surface area contributed by atoms with Crippen molar-refractivity contribution in [2.24, 2.45) is 16.2 Å². The Kier molecular flexibility index (Phi) is 20.9. The Morgan fingerprint density at radius 1 is 0.368 bits per heavy atom. The molecule has 0 aliphatic heterocycles. The number of halogens is 10. The highest BCUT2D eigenvalue weighted by atomic mass is 19.4. The van der Waals surface area contributed by atoms with Crippen LogP contribution in [0.1, 0.15) is 160 Å². The third kappa shape index (κ3) is 17.2. The maximum atomic E-state index is 13.8. The summed E-state index contributed by atoms with van der Waals surface area (Å²) in [5, 5.41) is 22.5. The van der Waals surface area contributed by atoms with Crippen molar-refractivity contribution in [1.82, 2.24) is 0 Å². The first kappa shape index (κ1) is 56.1. The first-order chi connectivity index (χ1) is 25.6. The van der Waals surface area contributed by atoms with Crippen LogP contribution in [0.5, 0.6) is 0 Å². The van der Waals surface area contributed by atoms with Crippen molar-refractivity contribution in [3.63, 3.8) is 0 Å². The van der Waals surface area contributed by atoms with E-state index >= 15 is 0 Å². The molecule has 6 nitrogen and oxygen atoms in total. The van der Waals surface area contributed by atoms with Gasteiger partial charge in [0, 0.05) is 10.8 Å². The fourth-order valence-electron chi connectivity index (χ4n) is 7.86. The molecule has 0 spiro atoms. The van der Waals surface area contributed by atoms with Crippen LogP contribution in [-0.2, 0) is 18.9 Å². The number of aliphatic hydroxyl groups is 2. The Bertz CT molecular complexity index is 1060. The van der Waals surface area contributed by atoms with Crippen LogP contribution in [-0.4, -0.2) is 96.5 Å². The van der Waals surface area contributed by atoms with E-state index in [1.165, 1.54) is 0 Å². The summed E-state index contributed by atoms with van der Waals surface area (Å²) < 4.78 is 156. The molecule has 0 saturated heterocycles. The number of hydrogen-bond acceptors (Lipinski definition) is 6. The van der Waals surface area contributed by atoms with Gasteiger partial charge in [0.05, 0.1) is 48.8 Å². The van der Waals surface area contributed by atoms with Crippen LogP contribution < -0.4 is 0 Å². The first-order valence-corrected chi connectivity index (χ1v) is 20.4. The van der Waals surface area contributed by atoms with E-state index in [1.54, 1.807) is 41.5 Å². The van der Waals surface area contributed by atoms with Gasteiger partial charge in [-0.15, -0.1) is 0 Å². The highest BCUT2D eigenvalue weighted by molar-refractivity contribution is 4.95. The van der Waals surface area contributed by atoms with Gasteiger partial charge in [-0.05, 0) is 82.5 Å². The SMILES string of the molecule is CCC(O)(CC)CC(C)(COCC(F)(F)C(F)(F)F)COC(CC)(CC)CC(C)(C)CC(CC)(CC)OCC(C)(COCC(F)(F)C(F)(F)F)CC(O)(CC)CC. The van der Waals surface area contributed by atoms with E-state index in [4.69, 9.17) is 18.9 Å². The van der Waals surface area contributed by atoms with Gasteiger partial charge in [-0.3, -0.25) is 0 Å². The van der Waals surface area contributed by atoms with Gasteiger partial charge in [-0.2, -0.15) is 43.9 Å². The van der Waals surface area contributed by atoms with E-state index in [-0.39, 0.29) is 26.1 Å². The second-order valence-electron chi connectivity index (χ2n) is 18.1. The summed E-state index contributed by atoms with van der Waals surface area (Å²) in [5.41, 5.74) is -6.96. The van der Waals surface area contributed by atoms with E-state index in [1.807, 2.05) is 41.5 Å². The molecule has 16 heteroatoms. The standard InChI is InChI=1S/C41H74F10O6/c1-13-34(52,14-2)23-32(11,25-54-29-38(42,43)40(46,47)48)27-56-36(17-5,18-6)21-31(9,10)22-37(19-7,20-8)57-28-33(12,24-35(53,15-3)16-4)26-55-30-39(44,45)41(49,50)51/h52-53H,13-30H2,1-12H3. The van der Waals surface area contributed by atoms with Gasteiger partial charge in [0.15, 0.2) is 0 Å². The summed E-state index contributed by atoms with van der Waals surface area (Å²) in [5.74, 6) is -10.1. The molecule has 0 radical (unpaired) electrons. The molecular weight excluding hydrogens is 778 g/mol. The quantitative estimate of drug-likeness (QED) is 0.0701. The Labute approximate surface area is 335 Å². The van der Waals surface area contributed by atoms with Gasteiger partial charge in [-0.1, -0.05) is 83.1 Å². The summed E-state index contributed by atoms with van der Waals surface area (Å²) in [4.78, 5) is 0. The predicted molar refractivity (Wildman–Crippen MR) is 202 cm³/mol. The molecule has 2 unspecified atom stereocenters. The van der Waals surface area contributed by atoms with Crippen LogP contribution in [0, 0.1) is 16.2 Å². The van der Waals surface area contributed by atoms with Crippen LogP contribution in [0.15, 0.2) is 0 Å². The third-order valence-electron chi connectivity index (χ3n) is 12.1. The molecule has 0 aromatic carbocycles. The van der Waals surface area contributed by atoms with Gasteiger partial charge in [-0.25, -0.2) is 0 Å². The summed E-state index contributed by atoms with van der Waals surface area (Å²) in [6.07, 6.45) is -7.45. The molecule has 0 aliphatic rings. The first-order valence-electron chi connectivity index (χ1n) is 20.4. The maximum absolute atomic E-state index is 13.8. The third-order valence-corrected chi connectivity index (χ3v) is 12.1. The molecular formula is C41H74F10O6. The number of alkyl halides is 10. The summed E-state index contributed by atoms with van der Waals surface area (Å²) in [7, 11) is 0. The van der Waals surface area contributed by atoms with E-state index in [2.05, 4.69) is 0 Å². The van der Waals surface area contributed by atoms with Crippen molar-refractivity contribution >= 4 is 0 Å². The minimum atomic E-state index is -5.79. The topological polar surface area (TPSA) is 77.4 Å². The number of hydrogen-bond donors (Lipinski definition) is 2. The molecule has 0 rings (SSSR count). The molecule has 0 aromatic heterocycles. The molecule has 0 fully saturated rings. The Hall–Kier alpha value is -0.940. The summed E-state index contributed by atoms with van der Waals surface area (Å²) in [6.45, 7) is 16.9. The zero-order chi connectivity index (χ0) is 45.1. The molecule has 0 amide bonds. The van der Waals surface area contributed by atoms with Crippen LogP contribution >= 0.6 is 0 Å². The fourth-order valence-corrected chi connectivity index (χ4v) is 7.86. The van der Waals surface area contributed by atoms with Crippen molar-refractivity contribution in [3.05, 3.63) is 0 Å². The minimum Gasteiger partial charge on any atom is -0.390 e. The van der Waals surface area contributed by atoms with Crippen molar-refractivity contribution in [3.8, 4) is 0 Å². The fraction of sp³-hybridized carbons (Fsp3) is 1.00. The highest BCUT2D eigenvalue weighted by Gasteiger charge is 2.59. The van der Waals surface area contributed by atoms with E-state index < -0.39 is 89.3 Å². The average molecular weight is 853 g/mol. The molecule has 0 aliphatic carbocycles. The zero-order valence-electron chi connectivity index (χ0n) is 36.5. The molecule has 2 atom stereocenters. The number of ether oxygens (including phenoxy) is 4. The van der Waals surface area contributed by atoms with Gasteiger partial charge in [0.1, 0.15) is 13.2 Å². The van der Waals surface area contributed by atoms with E-state index in [0.29, 0.717) is 64.2 Å². The smallest absolute Gasteiger partial charge is 0.390 e. The number of rotatable bonds is 30. The highest BCUT2D eigenvalue weighted by Crippen LogP contribution is 2.46.